The molecule has 1 aromatic rings. The Labute approximate surface area is 154 Å². The zero-order valence-electron chi connectivity index (χ0n) is 15.9. The van der Waals surface area contributed by atoms with Crippen molar-refractivity contribution in [1.82, 2.24) is 10.6 Å². The molecule has 6 nitrogen and oxygen atoms in total. The quantitative estimate of drug-likeness (QED) is 0.691. The molecule has 1 unspecified atom stereocenters. The molecular weight excluding hydrogens is 332 g/mol. The second-order valence-corrected chi connectivity index (χ2v) is 6.48. The monoisotopic (exact) mass is 360 g/mol. The molecule has 2 amide bonds. The van der Waals surface area contributed by atoms with Crippen LogP contribution >= 0.6 is 0 Å². The fourth-order valence-corrected chi connectivity index (χ4v) is 2.88. The van der Waals surface area contributed by atoms with Crippen LogP contribution in [0.2, 0.25) is 0 Å². The molecule has 6 heteroatoms. The molecule has 0 fully saturated rings. The summed E-state index contributed by atoms with van der Waals surface area (Å²) in [6.07, 6.45) is 2.56. The molecule has 26 heavy (non-hydrogen) atoms. The highest BCUT2D eigenvalue weighted by Gasteiger charge is 2.33. The number of hydrogen-bond donors (Lipinski definition) is 2. The Morgan fingerprint density at radius 3 is 2.46 bits per heavy atom. The van der Waals surface area contributed by atoms with E-state index in [1.165, 1.54) is 0 Å². The molecule has 0 saturated carbocycles. The summed E-state index contributed by atoms with van der Waals surface area (Å²) in [4.78, 5) is 24.7. The van der Waals surface area contributed by atoms with Crippen LogP contribution in [0.25, 0.3) is 0 Å². The Balaban J connectivity index is 2.38. The summed E-state index contributed by atoms with van der Waals surface area (Å²) in [6.45, 7) is 8.04. The number of urea groups is 1. The summed E-state index contributed by atoms with van der Waals surface area (Å²) >= 11 is 0. The Morgan fingerprint density at radius 1 is 1.19 bits per heavy atom. The van der Waals surface area contributed by atoms with Crippen molar-refractivity contribution in [1.29, 1.82) is 0 Å². The second kappa shape index (κ2) is 9.27. The minimum absolute atomic E-state index is 0.0788. The minimum Gasteiger partial charge on any atom is -0.491 e. The van der Waals surface area contributed by atoms with Crippen LogP contribution in [0.15, 0.2) is 35.5 Å². The van der Waals surface area contributed by atoms with E-state index >= 15 is 0 Å². The number of rotatable bonds is 8. The first-order valence-corrected chi connectivity index (χ1v) is 9.20. The van der Waals surface area contributed by atoms with E-state index in [2.05, 4.69) is 17.6 Å². The van der Waals surface area contributed by atoms with Gasteiger partial charge in [0.15, 0.2) is 0 Å². The molecular formula is C20H28N2O4. The largest absolute Gasteiger partial charge is 0.491 e. The molecule has 1 atom stereocenters. The van der Waals surface area contributed by atoms with Crippen molar-refractivity contribution in [3.63, 3.8) is 0 Å². The van der Waals surface area contributed by atoms with E-state index in [9.17, 15) is 9.59 Å². The van der Waals surface area contributed by atoms with Crippen LogP contribution in [0.4, 0.5) is 4.79 Å². The lowest BCUT2D eigenvalue weighted by Crippen LogP contribution is -2.46. The van der Waals surface area contributed by atoms with Crippen LogP contribution < -0.4 is 15.4 Å². The predicted molar refractivity (Wildman–Crippen MR) is 99.8 cm³/mol. The molecule has 0 aliphatic carbocycles. The fourth-order valence-electron chi connectivity index (χ4n) is 2.88. The zero-order chi connectivity index (χ0) is 19.1. The van der Waals surface area contributed by atoms with Gasteiger partial charge in [-0.25, -0.2) is 9.59 Å². The molecule has 2 rings (SSSR count). The molecule has 1 heterocycles. The number of amides is 2. The SMILES string of the molecule is CCCCC1=C(C(=O)OCC)C(c2ccc(OC(C)C)cc2)NC(=O)N1. The van der Waals surface area contributed by atoms with Crippen LogP contribution in [0.5, 0.6) is 5.75 Å². The zero-order valence-corrected chi connectivity index (χ0v) is 15.9. The van der Waals surface area contributed by atoms with Crippen LogP contribution in [-0.2, 0) is 9.53 Å². The lowest BCUT2D eigenvalue weighted by Gasteiger charge is -2.29. The van der Waals surface area contributed by atoms with Crippen molar-refractivity contribution >= 4 is 12.0 Å². The molecule has 1 aromatic carbocycles. The van der Waals surface area contributed by atoms with Crippen molar-refractivity contribution in [3.8, 4) is 5.75 Å². The first-order chi connectivity index (χ1) is 12.5. The van der Waals surface area contributed by atoms with E-state index < -0.39 is 12.0 Å². The molecule has 1 aliphatic heterocycles. The van der Waals surface area contributed by atoms with Gasteiger partial charge in [-0.1, -0.05) is 25.5 Å². The van der Waals surface area contributed by atoms with Crippen LogP contribution in [0, 0.1) is 0 Å². The van der Waals surface area contributed by atoms with Gasteiger partial charge in [0.2, 0.25) is 0 Å². The van der Waals surface area contributed by atoms with Crippen LogP contribution in [0.1, 0.15) is 58.6 Å². The summed E-state index contributed by atoms with van der Waals surface area (Å²) in [6, 6.07) is 6.57. The lowest BCUT2D eigenvalue weighted by atomic mass is 9.93. The molecule has 0 saturated heterocycles. The maximum Gasteiger partial charge on any atom is 0.338 e. The molecule has 142 valence electrons. The van der Waals surface area contributed by atoms with Gasteiger partial charge >= 0.3 is 12.0 Å². The fraction of sp³-hybridized carbons (Fsp3) is 0.500. The number of hydrogen-bond acceptors (Lipinski definition) is 4. The van der Waals surface area contributed by atoms with Crippen molar-refractivity contribution in [2.45, 2.75) is 59.1 Å². The van der Waals surface area contributed by atoms with E-state index in [4.69, 9.17) is 9.47 Å². The van der Waals surface area contributed by atoms with Gasteiger partial charge in [-0.15, -0.1) is 0 Å². The van der Waals surface area contributed by atoms with Crippen molar-refractivity contribution in [3.05, 3.63) is 41.1 Å². The second-order valence-electron chi connectivity index (χ2n) is 6.48. The standard InChI is InChI=1S/C20H28N2O4/c1-5-7-8-16-17(19(23)25-6-2)18(22-20(24)21-16)14-9-11-15(12-10-14)26-13(3)4/h9-13,18H,5-8H2,1-4H3,(H2,21,22,24). The normalized spacial score (nSPS) is 17.0. The lowest BCUT2D eigenvalue weighted by molar-refractivity contribution is -0.139. The van der Waals surface area contributed by atoms with E-state index in [-0.39, 0.29) is 18.7 Å². The minimum atomic E-state index is -0.539. The average Bonchev–Trinajstić information content (AvgIpc) is 2.59. The van der Waals surface area contributed by atoms with Gasteiger partial charge < -0.3 is 20.1 Å². The first kappa shape index (κ1) is 19.8. The third-order valence-corrected chi connectivity index (χ3v) is 4.01. The van der Waals surface area contributed by atoms with Gasteiger partial charge in [-0.05, 0) is 51.3 Å². The number of carbonyl (C=O) groups excluding carboxylic acids is 2. The molecule has 0 aromatic heterocycles. The van der Waals surface area contributed by atoms with E-state index in [1.807, 2.05) is 38.1 Å². The number of ether oxygens (including phenoxy) is 2. The van der Waals surface area contributed by atoms with Gasteiger partial charge in [-0.3, -0.25) is 0 Å². The highest BCUT2D eigenvalue weighted by Crippen LogP contribution is 2.30. The average molecular weight is 360 g/mol. The number of carbonyl (C=O) groups is 2. The number of benzene rings is 1. The summed E-state index contributed by atoms with van der Waals surface area (Å²) < 4.78 is 10.9. The molecule has 2 N–H and O–H groups in total. The van der Waals surface area contributed by atoms with Gasteiger partial charge in [0, 0.05) is 5.70 Å². The van der Waals surface area contributed by atoms with Crippen LogP contribution in [-0.4, -0.2) is 24.7 Å². The molecule has 1 aliphatic rings. The van der Waals surface area contributed by atoms with Crippen molar-refractivity contribution in [2.75, 3.05) is 6.61 Å². The van der Waals surface area contributed by atoms with E-state index in [0.717, 1.165) is 24.2 Å². The summed E-state index contributed by atoms with van der Waals surface area (Å²) in [5, 5.41) is 5.62. The third-order valence-electron chi connectivity index (χ3n) is 4.01. The number of nitrogens with one attached hydrogen (secondary N) is 2. The van der Waals surface area contributed by atoms with E-state index in [0.29, 0.717) is 17.7 Å². The van der Waals surface area contributed by atoms with Gasteiger partial charge in [0.05, 0.1) is 24.3 Å². The predicted octanol–water partition coefficient (Wildman–Crippen LogP) is 3.84. The Morgan fingerprint density at radius 2 is 1.88 bits per heavy atom. The Bertz CT molecular complexity index is 665. The van der Waals surface area contributed by atoms with E-state index in [1.54, 1.807) is 6.92 Å². The topological polar surface area (TPSA) is 76.7 Å². The van der Waals surface area contributed by atoms with Gasteiger partial charge in [0.25, 0.3) is 0 Å². The summed E-state index contributed by atoms with van der Waals surface area (Å²) in [7, 11) is 0. The highest BCUT2D eigenvalue weighted by molar-refractivity contribution is 5.95. The molecule has 0 spiro atoms. The summed E-state index contributed by atoms with van der Waals surface area (Å²) in [5.74, 6) is 0.343. The molecule has 0 bridgehead atoms. The number of esters is 1. The first-order valence-electron chi connectivity index (χ1n) is 9.20. The van der Waals surface area contributed by atoms with Crippen molar-refractivity contribution < 1.29 is 19.1 Å². The maximum atomic E-state index is 12.6. The Hall–Kier alpha value is -2.50. The summed E-state index contributed by atoms with van der Waals surface area (Å²) in [5.41, 5.74) is 1.92. The van der Waals surface area contributed by atoms with Gasteiger partial charge in [-0.2, -0.15) is 0 Å². The van der Waals surface area contributed by atoms with Crippen molar-refractivity contribution in [2.24, 2.45) is 0 Å². The number of unbranched alkanes of at least 4 members (excludes halogenated alkanes) is 1. The smallest absolute Gasteiger partial charge is 0.338 e. The Kier molecular flexibility index (Phi) is 7.06. The highest BCUT2D eigenvalue weighted by atomic mass is 16.5. The maximum absolute atomic E-state index is 12.6. The molecule has 0 radical (unpaired) electrons. The van der Waals surface area contributed by atoms with Gasteiger partial charge in [0.1, 0.15) is 5.75 Å². The van der Waals surface area contributed by atoms with Crippen LogP contribution in [0.3, 0.4) is 0 Å². The third kappa shape index (κ3) is 5.00. The number of allylic oxidation sites excluding steroid dienone is 1.